The van der Waals surface area contributed by atoms with E-state index >= 15 is 0 Å². The fourth-order valence-electron chi connectivity index (χ4n) is 5.72. The van der Waals surface area contributed by atoms with Gasteiger partial charge in [-0.1, -0.05) is 18.2 Å². The molecule has 2 fully saturated rings. The van der Waals surface area contributed by atoms with E-state index in [1.807, 2.05) is 47.3 Å². The molecule has 2 atom stereocenters. The first-order chi connectivity index (χ1) is 20.5. The van der Waals surface area contributed by atoms with Crippen LogP contribution in [0.15, 0.2) is 55.2 Å². The van der Waals surface area contributed by atoms with Crippen molar-refractivity contribution in [3.63, 3.8) is 0 Å². The lowest BCUT2D eigenvalue weighted by Gasteiger charge is -2.35. The van der Waals surface area contributed by atoms with E-state index in [9.17, 15) is 9.59 Å². The van der Waals surface area contributed by atoms with Crippen LogP contribution < -0.4 is 10.6 Å². The maximum Gasteiger partial charge on any atom is 0.251 e. The Morgan fingerprint density at radius 1 is 1.05 bits per heavy atom. The summed E-state index contributed by atoms with van der Waals surface area (Å²) >= 11 is 1.91. The quantitative estimate of drug-likeness (QED) is 0.313. The Labute approximate surface area is 249 Å². The summed E-state index contributed by atoms with van der Waals surface area (Å²) in [5, 5.41) is 7.85. The monoisotopic (exact) mass is 582 g/mol. The molecule has 10 nitrogen and oxygen atoms in total. The van der Waals surface area contributed by atoms with E-state index < -0.39 is 0 Å². The number of fused-ring (bicyclic) bond motifs is 1. The molecule has 42 heavy (non-hydrogen) atoms. The Morgan fingerprint density at radius 2 is 1.83 bits per heavy atom. The van der Waals surface area contributed by atoms with Crippen molar-refractivity contribution in [3.8, 4) is 11.3 Å². The number of piperidine rings is 1. The van der Waals surface area contributed by atoms with E-state index in [4.69, 9.17) is 0 Å². The normalized spacial score (nSPS) is 18.9. The highest BCUT2D eigenvalue weighted by Gasteiger charge is 2.32. The number of para-hydroxylation sites is 1. The Balaban J connectivity index is 1.03. The number of nitrogens with one attached hydrogen (secondary N) is 2. The van der Waals surface area contributed by atoms with E-state index in [2.05, 4.69) is 41.6 Å². The van der Waals surface area contributed by atoms with Crippen LogP contribution in [0.2, 0.25) is 0 Å². The molecule has 0 radical (unpaired) electrons. The van der Waals surface area contributed by atoms with Gasteiger partial charge in [0.2, 0.25) is 5.91 Å². The maximum atomic E-state index is 12.3. The van der Waals surface area contributed by atoms with Gasteiger partial charge in [-0.05, 0) is 36.8 Å². The summed E-state index contributed by atoms with van der Waals surface area (Å²) in [6, 6.07) is 9.79. The minimum Gasteiger partial charge on any atom is -0.369 e. The molecule has 2 unspecified atom stereocenters. The van der Waals surface area contributed by atoms with Gasteiger partial charge < -0.3 is 15.5 Å². The minimum atomic E-state index is -0.0997. The number of pyridine rings is 1. The largest absolute Gasteiger partial charge is 0.369 e. The molecule has 4 aromatic rings. The van der Waals surface area contributed by atoms with Crippen LogP contribution in [0.5, 0.6) is 0 Å². The van der Waals surface area contributed by atoms with Gasteiger partial charge in [0.15, 0.2) is 0 Å². The summed E-state index contributed by atoms with van der Waals surface area (Å²) in [5.74, 6) is 2.16. The zero-order valence-electron chi connectivity index (χ0n) is 23.8. The fourth-order valence-corrected chi connectivity index (χ4v) is 6.99. The summed E-state index contributed by atoms with van der Waals surface area (Å²) in [6.45, 7) is 4.05. The number of likely N-dealkylation sites (tertiary alicyclic amines) is 1. The average Bonchev–Trinajstić information content (AvgIpc) is 3.00. The molecule has 3 aromatic heterocycles. The van der Waals surface area contributed by atoms with E-state index in [1.165, 1.54) is 5.56 Å². The molecule has 2 saturated heterocycles. The van der Waals surface area contributed by atoms with Gasteiger partial charge in [-0.2, -0.15) is 0 Å². The number of carbonyl (C=O) groups is 2. The first-order valence-corrected chi connectivity index (χ1v) is 15.3. The summed E-state index contributed by atoms with van der Waals surface area (Å²) in [7, 11) is 1.65. The van der Waals surface area contributed by atoms with Crippen LogP contribution in [0.25, 0.3) is 22.2 Å². The van der Waals surface area contributed by atoms with Gasteiger partial charge in [-0.15, -0.1) is 11.8 Å². The molecule has 11 heteroatoms. The number of aromatic nitrogens is 5. The van der Waals surface area contributed by atoms with Crippen molar-refractivity contribution >= 4 is 40.3 Å². The van der Waals surface area contributed by atoms with Gasteiger partial charge in [-0.3, -0.25) is 14.6 Å². The van der Waals surface area contributed by atoms with Crippen LogP contribution in [0.4, 0.5) is 5.82 Å². The molecule has 0 saturated carbocycles. The van der Waals surface area contributed by atoms with Crippen LogP contribution >= 0.6 is 11.8 Å². The molecule has 0 bridgehead atoms. The summed E-state index contributed by atoms with van der Waals surface area (Å²) in [5.41, 5.74) is 4.36. The van der Waals surface area contributed by atoms with Gasteiger partial charge in [0.05, 0.1) is 16.8 Å². The zero-order chi connectivity index (χ0) is 29.1. The second-order valence-corrected chi connectivity index (χ2v) is 12.4. The fraction of sp³-hybridized carbons (Fsp3) is 0.387. The van der Waals surface area contributed by atoms with Crippen LogP contribution in [-0.2, 0) is 11.2 Å². The third kappa shape index (κ3) is 6.06. The maximum absolute atomic E-state index is 12.3. The van der Waals surface area contributed by atoms with E-state index in [1.54, 1.807) is 32.6 Å². The van der Waals surface area contributed by atoms with Crippen LogP contribution in [0.1, 0.15) is 53.2 Å². The lowest BCUT2D eigenvalue weighted by Crippen LogP contribution is -2.37. The van der Waals surface area contributed by atoms with Crippen molar-refractivity contribution in [1.82, 2.24) is 35.1 Å². The lowest BCUT2D eigenvalue weighted by molar-refractivity contribution is -0.130. The number of hydrogen-bond donors (Lipinski definition) is 2. The molecule has 0 aliphatic carbocycles. The number of nitrogens with zero attached hydrogens (tertiary/aromatic N) is 6. The first-order valence-electron chi connectivity index (χ1n) is 14.4. The number of hydrogen-bond acceptors (Lipinski definition) is 9. The number of thioether (sulfide) groups is 1. The molecule has 2 amide bonds. The number of anilines is 1. The van der Waals surface area contributed by atoms with E-state index in [0.717, 1.165) is 79.1 Å². The Kier molecular flexibility index (Phi) is 8.27. The zero-order valence-corrected chi connectivity index (χ0v) is 24.6. The van der Waals surface area contributed by atoms with Crippen LogP contribution in [-0.4, -0.2) is 73.6 Å². The molecule has 5 heterocycles. The smallest absolute Gasteiger partial charge is 0.251 e. The Hall–Kier alpha value is -4.12. The van der Waals surface area contributed by atoms with Gasteiger partial charge in [-0.25, -0.2) is 19.9 Å². The minimum absolute atomic E-state index is 0.0997. The number of rotatable bonds is 8. The highest BCUT2D eigenvalue weighted by Crippen LogP contribution is 2.50. The Bertz CT molecular complexity index is 1580. The number of carbonyl (C=O) groups excluding carboxylic acids is 2. The highest BCUT2D eigenvalue weighted by molar-refractivity contribution is 8.01. The second kappa shape index (κ2) is 12.4. The van der Waals surface area contributed by atoms with Crippen molar-refractivity contribution in [3.05, 3.63) is 72.2 Å². The molecule has 216 valence electrons. The molecular formula is C31H34N8O2S. The third-order valence-corrected chi connectivity index (χ3v) is 9.68. The standard InChI is InChI=1S/C31H34N8O2S/c1-19(40)39-10-7-20(8-11-39)12-28-34-15-21(16-35-28)26-14-29(38-18-37-26)36-17-22-13-27(42-22)25-5-3-4-23-24(31(41)32-2)6-9-33-30(23)25/h3-6,9,14-16,18,20,22,27H,7-8,10-13,17H2,1-2H3,(H,32,41)(H,36,37,38). The van der Waals surface area contributed by atoms with Gasteiger partial charge in [0.1, 0.15) is 18.0 Å². The molecule has 1 aromatic carbocycles. The first kappa shape index (κ1) is 28.0. The number of benzene rings is 1. The topological polar surface area (TPSA) is 126 Å². The van der Waals surface area contributed by atoms with Crippen LogP contribution in [0, 0.1) is 5.92 Å². The summed E-state index contributed by atoms with van der Waals surface area (Å²) in [4.78, 5) is 48.5. The molecular weight excluding hydrogens is 548 g/mol. The summed E-state index contributed by atoms with van der Waals surface area (Å²) in [6.07, 6.45) is 10.8. The molecule has 2 N–H and O–H groups in total. The van der Waals surface area contributed by atoms with Crippen molar-refractivity contribution in [1.29, 1.82) is 0 Å². The van der Waals surface area contributed by atoms with E-state index in [-0.39, 0.29) is 11.8 Å². The predicted molar refractivity (Wildman–Crippen MR) is 164 cm³/mol. The van der Waals surface area contributed by atoms with Crippen molar-refractivity contribution in [2.75, 3.05) is 32.0 Å². The molecule has 2 aliphatic rings. The third-order valence-electron chi connectivity index (χ3n) is 8.16. The summed E-state index contributed by atoms with van der Waals surface area (Å²) < 4.78 is 0. The molecule has 2 aliphatic heterocycles. The molecule has 0 spiro atoms. The average molecular weight is 583 g/mol. The molecule has 6 rings (SSSR count). The number of amides is 2. The van der Waals surface area contributed by atoms with E-state index in [0.29, 0.717) is 22.0 Å². The van der Waals surface area contributed by atoms with Gasteiger partial charge in [0, 0.05) is 86.1 Å². The van der Waals surface area contributed by atoms with Gasteiger partial charge in [0.25, 0.3) is 5.91 Å². The van der Waals surface area contributed by atoms with Crippen LogP contribution in [0.3, 0.4) is 0 Å². The second-order valence-electron chi connectivity index (χ2n) is 10.9. The van der Waals surface area contributed by atoms with Crippen molar-refractivity contribution < 1.29 is 9.59 Å². The predicted octanol–water partition coefficient (Wildman–Crippen LogP) is 4.30. The Morgan fingerprint density at radius 3 is 2.57 bits per heavy atom. The van der Waals surface area contributed by atoms with Crippen molar-refractivity contribution in [2.24, 2.45) is 5.92 Å². The lowest BCUT2D eigenvalue weighted by atomic mass is 9.93. The van der Waals surface area contributed by atoms with Gasteiger partial charge >= 0.3 is 0 Å². The van der Waals surface area contributed by atoms with Crippen molar-refractivity contribution in [2.45, 2.75) is 43.1 Å². The SMILES string of the molecule is CNC(=O)c1ccnc2c(C3CC(CNc4cc(-c5cnc(CC6CCN(C(C)=O)CC6)nc5)ncn4)S3)cccc12. The highest BCUT2D eigenvalue weighted by atomic mass is 32.2.